The molecule has 0 radical (unpaired) electrons. The minimum absolute atomic E-state index is 0.0241. The first-order valence-electron chi connectivity index (χ1n) is 10.0. The number of thioether (sulfide) groups is 1. The molecule has 1 fully saturated rings. The maximum absolute atomic E-state index is 13.4. The van der Waals surface area contributed by atoms with Crippen LogP contribution in [0.15, 0.2) is 11.6 Å². The highest BCUT2D eigenvalue weighted by atomic mass is 32.2. The minimum atomic E-state index is -1.00. The van der Waals surface area contributed by atoms with E-state index in [2.05, 4.69) is 5.32 Å². The number of aliphatic carboxylic acids is 1. The lowest BCUT2D eigenvalue weighted by Crippen LogP contribution is -2.59. The van der Waals surface area contributed by atoms with Gasteiger partial charge >= 0.3 is 5.97 Å². The first kappa shape index (κ1) is 25.5. The molecule has 0 bridgehead atoms. The number of carboxylic acids is 1. The third kappa shape index (κ3) is 7.03. The molecule has 0 aromatic rings. The molecule has 29 heavy (non-hydrogen) atoms. The smallest absolute Gasteiger partial charge is 0.331 e. The average Bonchev–Trinajstić information content (AvgIpc) is 2.61. The zero-order valence-corrected chi connectivity index (χ0v) is 19.8. The van der Waals surface area contributed by atoms with Gasteiger partial charge in [-0.2, -0.15) is 0 Å². The van der Waals surface area contributed by atoms with Crippen LogP contribution in [0.25, 0.3) is 0 Å². The van der Waals surface area contributed by atoms with Crippen molar-refractivity contribution in [2.24, 2.45) is 11.3 Å². The quantitative estimate of drug-likeness (QED) is 0.607. The number of nitrogens with zero attached hydrogens (tertiary/aromatic N) is 2. The lowest BCUT2D eigenvalue weighted by Gasteiger charge is -2.39. The fraction of sp³-hybridized carbons (Fsp3) is 0.762. The topological polar surface area (TPSA) is 90.0 Å². The highest BCUT2D eigenvalue weighted by Gasteiger charge is 2.39. The fourth-order valence-corrected chi connectivity index (χ4v) is 4.35. The van der Waals surface area contributed by atoms with Gasteiger partial charge < -0.3 is 15.3 Å². The van der Waals surface area contributed by atoms with Crippen LogP contribution in [0.5, 0.6) is 0 Å². The monoisotopic (exact) mass is 427 g/mol. The van der Waals surface area contributed by atoms with Crippen molar-refractivity contribution >= 4 is 29.5 Å². The second-order valence-electron chi connectivity index (χ2n) is 9.25. The Morgan fingerprint density at radius 2 is 1.86 bits per heavy atom. The summed E-state index contributed by atoms with van der Waals surface area (Å²) in [6.45, 7) is 11.2. The lowest BCUT2D eigenvalue weighted by molar-refractivity contribution is -0.141. The zero-order chi connectivity index (χ0) is 22.5. The summed E-state index contributed by atoms with van der Waals surface area (Å²) in [5.41, 5.74) is -0.295. The van der Waals surface area contributed by atoms with Gasteiger partial charge in [-0.15, -0.1) is 11.8 Å². The summed E-state index contributed by atoms with van der Waals surface area (Å²) in [7, 11) is 3.59. The molecule has 1 aliphatic rings. The Balaban J connectivity index is 3.10. The number of carbonyl (C=O) groups is 3. The van der Waals surface area contributed by atoms with Crippen LogP contribution in [0.3, 0.4) is 0 Å². The molecule has 2 N–H and O–H groups in total. The first-order chi connectivity index (χ1) is 13.3. The maximum atomic E-state index is 13.4. The Morgan fingerprint density at radius 1 is 1.28 bits per heavy atom. The fourth-order valence-electron chi connectivity index (χ4n) is 3.36. The number of nitrogens with one attached hydrogen (secondary N) is 1. The molecular formula is C21H37N3O4S. The summed E-state index contributed by atoms with van der Waals surface area (Å²) >= 11 is 1.79. The highest BCUT2D eigenvalue weighted by Crippen LogP contribution is 2.25. The largest absolute Gasteiger partial charge is 0.478 e. The van der Waals surface area contributed by atoms with E-state index < -0.39 is 17.4 Å². The summed E-state index contributed by atoms with van der Waals surface area (Å²) in [5.74, 6) is 0.387. The second-order valence-corrected chi connectivity index (χ2v) is 10.3. The van der Waals surface area contributed by atoms with Gasteiger partial charge in [-0.05, 0) is 37.5 Å². The van der Waals surface area contributed by atoms with Crippen molar-refractivity contribution in [1.82, 2.24) is 15.1 Å². The molecule has 1 aliphatic heterocycles. The molecule has 0 aromatic heterocycles. The minimum Gasteiger partial charge on any atom is -0.478 e. The number of rotatable bonds is 7. The predicted octanol–water partition coefficient (Wildman–Crippen LogP) is 2.43. The first-order valence-corrected chi connectivity index (χ1v) is 11.2. The molecular weight excluding hydrogens is 390 g/mol. The van der Waals surface area contributed by atoms with Crippen LogP contribution in [0.1, 0.15) is 48.0 Å². The van der Waals surface area contributed by atoms with Gasteiger partial charge in [0.2, 0.25) is 11.8 Å². The lowest BCUT2D eigenvalue weighted by atomic mass is 9.84. The van der Waals surface area contributed by atoms with E-state index >= 15 is 0 Å². The summed E-state index contributed by atoms with van der Waals surface area (Å²) in [6, 6.07) is -1.33. The Kier molecular flexibility index (Phi) is 9.21. The summed E-state index contributed by atoms with van der Waals surface area (Å²) in [6.07, 6.45) is 2.36. The van der Waals surface area contributed by atoms with Gasteiger partial charge in [0.05, 0.1) is 12.1 Å². The predicted molar refractivity (Wildman–Crippen MR) is 118 cm³/mol. The molecule has 0 aliphatic carbocycles. The SMILES string of the molecule is C/C(=C\[C@H](C(C)C)N(C)C(=O)[C@@H](NC(=O)C1CCSCN1C)C(C)(C)C)C(=O)O. The molecule has 2 amide bonds. The molecule has 0 aromatic carbocycles. The third-order valence-electron chi connectivity index (χ3n) is 5.30. The Bertz CT molecular complexity index is 642. The molecule has 1 unspecified atom stereocenters. The van der Waals surface area contributed by atoms with E-state index in [1.807, 2.05) is 46.6 Å². The summed E-state index contributed by atoms with van der Waals surface area (Å²) in [4.78, 5) is 41.2. The van der Waals surface area contributed by atoms with Crippen LogP contribution >= 0.6 is 11.8 Å². The van der Waals surface area contributed by atoms with Crippen LogP contribution in [0, 0.1) is 11.3 Å². The van der Waals surface area contributed by atoms with Crippen molar-refractivity contribution in [2.45, 2.75) is 66.1 Å². The molecule has 8 heteroatoms. The highest BCUT2D eigenvalue weighted by molar-refractivity contribution is 7.99. The number of hydrogen-bond acceptors (Lipinski definition) is 5. The Morgan fingerprint density at radius 3 is 2.31 bits per heavy atom. The van der Waals surface area contributed by atoms with Gasteiger partial charge in [-0.1, -0.05) is 40.7 Å². The molecule has 0 spiro atoms. The zero-order valence-electron chi connectivity index (χ0n) is 19.0. The van der Waals surface area contributed by atoms with Gasteiger partial charge in [-0.3, -0.25) is 14.5 Å². The molecule has 7 nitrogen and oxygen atoms in total. The molecule has 3 atom stereocenters. The summed E-state index contributed by atoms with van der Waals surface area (Å²) < 4.78 is 0. The van der Waals surface area contributed by atoms with Crippen molar-refractivity contribution in [1.29, 1.82) is 0 Å². The van der Waals surface area contributed by atoms with Gasteiger partial charge in [0, 0.05) is 18.5 Å². The number of hydrogen-bond donors (Lipinski definition) is 2. The van der Waals surface area contributed by atoms with Crippen molar-refractivity contribution in [2.75, 3.05) is 25.7 Å². The third-order valence-corrected chi connectivity index (χ3v) is 6.42. The van der Waals surface area contributed by atoms with Crippen molar-refractivity contribution < 1.29 is 19.5 Å². The Hall–Kier alpha value is -1.54. The van der Waals surface area contributed by atoms with E-state index in [1.54, 1.807) is 29.8 Å². The number of likely N-dealkylation sites (N-methyl/N-ethyl adjacent to an activating group) is 2. The molecule has 166 valence electrons. The van der Waals surface area contributed by atoms with Crippen molar-refractivity contribution in [3.8, 4) is 0 Å². The van der Waals surface area contributed by atoms with Gasteiger partial charge in [-0.25, -0.2) is 4.79 Å². The molecule has 1 heterocycles. The van der Waals surface area contributed by atoms with Crippen LogP contribution in [0.2, 0.25) is 0 Å². The molecule has 1 rings (SSSR count). The van der Waals surface area contributed by atoms with E-state index in [1.165, 1.54) is 6.92 Å². The Labute approximate surface area is 179 Å². The number of amides is 2. The number of carboxylic acid groups (broad SMARTS) is 1. The van der Waals surface area contributed by atoms with Crippen molar-refractivity contribution in [3.05, 3.63) is 11.6 Å². The van der Waals surface area contributed by atoms with E-state index in [0.29, 0.717) is 0 Å². The standard InChI is InChI=1S/C21H37N3O4S/c1-13(2)16(11-14(3)20(27)28)24(8)19(26)17(21(4,5)6)22-18(25)15-9-10-29-12-23(15)7/h11,13,15-17H,9-10,12H2,1-8H3,(H,22,25)(H,27,28)/b14-11+/t15?,16-,17-/m1/s1. The van der Waals surface area contributed by atoms with Crippen LogP contribution < -0.4 is 5.32 Å². The van der Waals surface area contributed by atoms with Crippen LogP contribution in [0.4, 0.5) is 0 Å². The van der Waals surface area contributed by atoms with Crippen LogP contribution in [-0.2, 0) is 14.4 Å². The molecule has 0 saturated carbocycles. The molecule has 1 saturated heterocycles. The summed E-state index contributed by atoms with van der Waals surface area (Å²) in [5, 5.41) is 12.2. The van der Waals surface area contributed by atoms with Crippen molar-refractivity contribution in [3.63, 3.8) is 0 Å². The van der Waals surface area contributed by atoms with E-state index in [9.17, 15) is 19.5 Å². The normalized spacial score (nSPS) is 20.9. The van der Waals surface area contributed by atoms with Crippen LogP contribution in [-0.4, -0.2) is 76.5 Å². The maximum Gasteiger partial charge on any atom is 0.331 e. The number of carbonyl (C=O) groups excluding carboxylic acids is 2. The van der Waals surface area contributed by atoms with E-state index in [0.717, 1.165) is 18.1 Å². The average molecular weight is 428 g/mol. The van der Waals surface area contributed by atoms with Gasteiger partial charge in [0.15, 0.2) is 0 Å². The second kappa shape index (κ2) is 10.5. The van der Waals surface area contributed by atoms with E-state index in [4.69, 9.17) is 0 Å². The van der Waals surface area contributed by atoms with E-state index in [-0.39, 0.29) is 35.4 Å². The van der Waals surface area contributed by atoms with Gasteiger partial charge in [0.25, 0.3) is 0 Å². The van der Waals surface area contributed by atoms with Gasteiger partial charge in [0.1, 0.15) is 6.04 Å².